The number of carbonyl (C=O) groups is 3. The zero-order valence-electron chi connectivity index (χ0n) is 36.2. The third-order valence-corrected chi connectivity index (χ3v) is 10.7. The molecule has 3 N–H and O–H groups in total. The summed E-state index contributed by atoms with van der Waals surface area (Å²) in [7, 11) is 0. The number of carbonyl (C=O) groups excluding carboxylic acids is 3. The molecule has 54 heavy (non-hydrogen) atoms. The number of hydrogen-bond acceptors (Lipinski definition) is 6. The number of nitrogens with one attached hydrogen (secondary N) is 1. The van der Waals surface area contributed by atoms with E-state index in [0.717, 1.165) is 110 Å². The number of primary amides is 1. The average Bonchev–Trinajstić information content (AvgIpc) is 3.15. The van der Waals surface area contributed by atoms with Crippen LogP contribution < -0.4 is 11.1 Å². The number of unbranched alkanes of at least 4 members (excludes halogenated alkanes) is 24. The van der Waals surface area contributed by atoms with E-state index in [-0.39, 0.29) is 18.0 Å². The van der Waals surface area contributed by atoms with Gasteiger partial charge in [0.25, 0.3) is 0 Å². The van der Waals surface area contributed by atoms with Crippen molar-refractivity contribution in [2.75, 3.05) is 32.8 Å². The number of nitrogens with zero attached hydrogens (tertiary/aromatic N) is 1. The van der Waals surface area contributed by atoms with Gasteiger partial charge in [0.1, 0.15) is 6.10 Å². The monoisotopic (exact) mass is 766 g/mol. The van der Waals surface area contributed by atoms with Crippen LogP contribution in [0.1, 0.15) is 239 Å². The van der Waals surface area contributed by atoms with Crippen molar-refractivity contribution < 1.29 is 23.9 Å². The van der Waals surface area contributed by atoms with E-state index in [1.54, 1.807) is 0 Å². The zero-order chi connectivity index (χ0) is 39.6. The summed E-state index contributed by atoms with van der Waals surface area (Å²) in [4.78, 5) is 38.4. The summed E-state index contributed by atoms with van der Waals surface area (Å²) in [5.41, 5.74) is 5.26. The molecule has 0 aromatic carbocycles. The summed E-state index contributed by atoms with van der Waals surface area (Å²) in [5.74, 6) is -0.0330. The summed E-state index contributed by atoms with van der Waals surface area (Å²) in [5, 5.41) is 2.71. The molecule has 0 atom stereocenters. The van der Waals surface area contributed by atoms with Gasteiger partial charge in [-0.25, -0.2) is 4.79 Å². The Balaban J connectivity index is 4.23. The first-order valence-electron chi connectivity index (χ1n) is 23.5. The molecule has 0 aliphatic carbocycles. The Labute approximate surface area is 335 Å². The molecule has 0 rings (SSSR count). The molecule has 0 radical (unpaired) electrons. The van der Waals surface area contributed by atoms with Crippen LogP contribution in [0.3, 0.4) is 0 Å². The standard InChI is InChI=1S/C46H91N3O5/c1-4-7-10-13-16-25-32-42-53-44(50)36-28-21-17-23-30-39-49(41-33-38-48-46(47)52)40-31-24-18-22-29-37-45(51)54-43(34-26-19-14-11-8-5-2)35-27-20-15-12-9-6-3/h43H,4-42H2,1-3H3,(H3,47,48,52). The van der Waals surface area contributed by atoms with Crippen molar-refractivity contribution in [2.24, 2.45) is 5.73 Å². The second kappa shape index (κ2) is 42.3. The van der Waals surface area contributed by atoms with Gasteiger partial charge in [0.05, 0.1) is 6.61 Å². The highest BCUT2D eigenvalue weighted by Crippen LogP contribution is 2.18. The van der Waals surface area contributed by atoms with E-state index in [2.05, 4.69) is 31.0 Å². The average molecular weight is 766 g/mol. The molecule has 0 saturated carbocycles. The normalized spacial score (nSPS) is 11.4. The molecule has 0 fully saturated rings. The van der Waals surface area contributed by atoms with Crippen molar-refractivity contribution in [3.63, 3.8) is 0 Å². The van der Waals surface area contributed by atoms with Crippen LogP contribution in [-0.4, -0.2) is 61.8 Å². The molecule has 8 heteroatoms. The van der Waals surface area contributed by atoms with Crippen LogP contribution in [0.5, 0.6) is 0 Å². The molecule has 0 saturated heterocycles. The molecule has 0 aliphatic rings. The molecule has 0 aliphatic heterocycles. The molecule has 2 amide bonds. The topological polar surface area (TPSA) is 111 Å². The van der Waals surface area contributed by atoms with Gasteiger partial charge in [-0.1, -0.05) is 162 Å². The maximum atomic E-state index is 12.8. The Kier molecular flexibility index (Phi) is 40.9. The maximum absolute atomic E-state index is 12.8. The number of ether oxygens (including phenoxy) is 2. The number of esters is 2. The fourth-order valence-corrected chi connectivity index (χ4v) is 7.25. The van der Waals surface area contributed by atoms with E-state index < -0.39 is 6.03 Å². The summed E-state index contributed by atoms with van der Waals surface area (Å²) >= 11 is 0. The number of hydrogen-bond donors (Lipinski definition) is 2. The van der Waals surface area contributed by atoms with E-state index in [1.165, 1.54) is 116 Å². The van der Waals surface area contributed by atoms with E-state index in [0.29, 0.717) is 26.0 Å². The Bertz CT molecular complexity index is 810. The SMILES string of the molecule is CCCCCCCCCOC(=O)CCCCCCCN(CCCCCCCC(=O)OC(CCCCCCCC)CCCCCCCC)CCCNC(N)=O. The fourth-order valence-electron chi connectivity index (χ4n) is 7.25. The Hall–Kier alpha value is -1.83. The number of amides is 2. The first-order valence-corrected chi connectivity index (χ1v) is 23.5. The third-order valence-electron chi connectivity index (χ3n) is 10.7. The highest BCUT2D eigenvalue weighted by molar-refractivity contribution is 5.71. The Morgan fingerprint density at radius 3 is 1.35 bits per heavy atom. The van der Waals surface area contributed by atoms with Crippen molar-refractivity contribution >= 4 is 18.0 Å². The quantitative estimate of drug-likeness (QED) is 0.0472. The smallest absolute Gasteiger partial charge is 0.312 e. The highest BCUT2D eigenvalue weighted by Gasteiger charge is 2.14. The van der Waals surface area contributed by atoms with Gasteiger partial charge in [-0.15, -0.1) is 0 Å². The molecule has 0 aromatic rings. The van der Waals surface area contributed by atoms with E-state index in [1.807, 2.05) is 0 Å². The predicted octanol–water partition coefficient (Wildman–Crippen LogP) is 12.7. The third kappa shape index (κ3) is 39.9. The van der Waals surface area contributed by atoms with Gasteiger partial charge in [0, 0.05) is 19.4 Å². The Morgan fingerprint density at radius 2 is 0.870 bits per heavy atom. The lowest BCUT2D eigenvalue weighted by Crippen LogP contribution is -2.33. The van der Waals surface area contributed by atoms with Crippen molar-refractivity contribution in [1.82, 2.24) is 10.2 Å². The summed E-state index contributed by atoms with van der Waals surface area (Å²) < 4.78 is 11.5. The minimum atomic E-state index is -0.460. The van der Waals surface area contributed by atoms with Crippen molar-refractivity contribution in [3.8, 4) is 0 Å². The predicted molar refractivity (Wildman–Crippen MR) is 229 cm³/mol. The molecule has 0 unspecified atom stereocenters. The van der Waals surface area contributed by atoms with Crippen LogP contribution in [0.2, 0.25) is 0 Å². The van der Waals surface area contributed by atoms with Gasteiger partial charge in [-0.2, -0.15) is 0 Å². The van der Waals surface area contributed by atoms with Gasteiger partial charge in [-0.05, 0) is 83.8 Å². The number of rotatable bonds is 43. The van der Waals surface area contributed by atoms with Gasteiger partial charge < -0.3 is 25.4 Å². The first-order chi connectivity index (χ1) is 26.4. The van der Waals surface area contributed by atoms with Gasteiger partial charge in [-0.3, -0.25) is 9.59 Å². The summed E-state index contributed by atoms with van der Waals surface area (Å²) in [6.45, 7) is 11.0. The summed E-state index contributed by atoms with van der Waals surface area (Å²) in [6, 6.07) is -0.460. The lowest BCUT2D eigenvalue weighted by atomic mass is 10.0. The maximum Gasteiger partial charge on any atom is 0.312 e. The molecule has 0 spiro atoms. The molecule has 320 valence electrons. The summed E-state index contributed by atoms with van der Waals surface area (Å²) in [6.07, 6.45) is 38.9. The fraction of sp³-hybridized carbons (Fsp3) is 0.935. The van der Waals surface area contributed by atoms with Crippen molar-refractivity contribution in [1.29, 1.82) is 0 Å². The Morgan fingerprint density at radius 1 is 0.481 bits per heavy atom. The molecular formula is C46H91N3O5. The molecule has 8 nitrogen and oxygen atoms in total. The van der Waals surface area contributed by atoms with Crippen LogP contribution in [0.15, 0.2) is 0 Å². The van der Waals surface area contributed by atoms with Crippen LogP contribution in [0, 0.1) is 0 Å². The largest absolute Gasteiger partial charge is 0.466 e. The van der Waals surface area contributed by atoms with Crippen molar-refractivity contribution in [3.05, 3.63) is 0 Å². The lowest BCUT2D eigenvalue weighted by molar-refractivity contribution is -0.150. The molecular weight excluding hydrogens is 675 g/mol. The second-order valence-electron chi connectivity index (χ2n) is 16.1. The van der Waals surface area contributed by atoms with Crippen LogP contribution in [0.4, 0.5) is 4.79 Å². The zero-order valence-corrected chi connectivity index (χ0v) is 36.2. The first kappa shape index (κ1) is 52.2. The number of urea groups is 1. The van der Waals surface area contributed by atoms with Gasteiger partial charge >= 0.3 is 18.0 Å². The minimum Gasteiger partial charge on any atom is -0.466 e. The lowest BCUT2D eigenvalue weighted by Gasteiger charge is -2.22. The van der Waals surface area contributed by atoms with E-state index in [4.69, 9.17) is 15.2 Å². The van der Waals surface area contributed by atoms with Gasteiger partial charge in [0.15, 0.2) is 0 Å². The van der Waals surface area contributed by atoms with Gasteiger partial charge in [0.2, 0.25) is 0 Å². The van der Waals surface area contributed by atoms with E-state index in [9.17, 15) is 14.4 Å². The molecule has 0 aromatic heterocycles. The van der Waals surface area contributed by atoms with E-state index >= 15 is 0 Å². The van der Waals surface area contributed by atoms with Crippen LogP contribution in [0.25, 0.3) is 0 Å². The molecule has 0 heterocycles. The second-order valence-corrected chi connectivity index (χ2v) is 16.1. The molecule has 0 bridgehead atoms. The van der Waals surface area contributed by atoms with Crippen molar-refractivity contribution in [2.45, 2.75) is 245 Å². The van der Waals surface area contributed by atoms with Crippen LogP contribution in [-0.2, 0) is 19.1 Å². The minimum absolute atomic E-state index is 0.00597. The number of nitrogens with two attached hydrogens (primary N) is 1. The van der Waals surface area contributed by atoms with Crippen LogP contribution >= 0.6 is 0 Å². The highest BCUT2D eigenvalue weighted by atomic mass is 16.5.